The highest BCUT2D eigenvalue weighted by Gasteiger charge is 2.55. The Morgan fingerprint density at radius 1 is 1.44 bits per heavy atom. The number of nitrogens with zero attached hydrogens (tertiary/aromatic N) is 1. The lowest BCUT2D eigenvalue weighted by molar-refractivity contribution is -0.0604. The van der Waals surface area contributed by atoms with Crippen LogP contribution < -0.4 is 0 Å². The Hall–Kier alpha value is -1.33. The second-order valence-corrected chi connectivity index (χ2v) is 5.61. The van der Waals surface area contributed by atoms with Gasteiger partial charge in [0.25, 0.3) is 0 Å². The van der Waals surface area contributed by atoms with Gasteiger partial charge in [0.2, 0.25) is 0 Å². The first-order valence-corrected chi connectivity index (χ1v) is 6.74. The van der Waals surface area contributed by atoms with Crippen molar-refractivity contribution in [2.75, 3.05) is 0 Å². The predicted octanol–water partition coefficient (Wildman–Crippen LogP) is 3.19. The van der Waals surface area contributed by atoms with Crippen LogP contribution in [0.2, 0.25) is 0 Å². The molecule has 2 rings (SSSR count). The van der Waals surface area contributed by atoms with Crippen molar-refractivity contribution in [1.82, 2.24) is 0 Å². The second-order valence-electron chi connectivity index (χ2n) is 5.61. The third-order valence-corrected chi connectivity index (χ3v) is 4.67. The van der Waals surface area contributed by atoms with Crippen LogP contribution in [-0.2, 0) is 11.8 Å². The lowest BCUT2D eigenvalue weighted by Crippen LogP contribution is -2.53. The quantitative estimate of drug-likeness (QED) is 0.886. The van der Waals surface area contributed by atoms with Gasteiger partial charge in [0.1, 0.15) is 5.41 Å². The fourth-order valence-corrected chi connectivity index (χ4v) is 3.48. The standard InChI is InChI=1S/C16H21NO/c1-4-16(18,12(2)3)15(11-17)10-9-13-7-5-6-8-14(13)15/h5-8,12,18H,4,9-10H2,1-3H3. The lowest BCUT2D eigenvalue weighted by Gasteiger charge is -2.43. The van der Waals surface area contributed by atoms with Crippen LogP contribution in [0.5, 0.6) is 0 Å². The lowest BCUT2D eigenvalue weighted by atomic mass is 9.63. The Morgan fingerprint density at radius 3 is 2.67 bits per heavy atom. The summed E-state index contributed by atoms with van der Waals surface area (Å²) in [5, 5.41) is 20.8. The molecule has 0 radical (unpaired) electrons. The average Bonchev–Trinajstić information content (AvgIpc) is 2.78. The topological polar surface area (TPSA) is 44.0 Å². The number of fused-ring (bicyclic) bond motifs is 1. The Kier molecular flexibility index (Phi) is 3.21. The van der Waals surface area contributed by atoms with Crippen molar-refractivity contribution in [1.29, 1.82) is 5.26 Å². The average molecular weight is 243 g/mol. The molecule has 0 aromatic heterocycles. The summed E-state index contributed by atoms with van der Waals surface area (Å²) in [6, 6.07) is 10.5. The van der Waals surface area contributed by atoms with Crippen LogP contribution in [0.4, 0.5) is 0 Å². The fourth-order valence-electron chi connectivity index (χ4n) is 3.48. The summed E-state index contributed by atoms with van der Waals surface area (Å²) in [4.78, 5) is 0. The third-order valence-electron chi connectivity index (χ3n) is 4.67. The minimum absolute atomic E-state index is 0.0632. The van der Waals surface area contributed by atoms with Gasteiger partial charge in [-0.15, -0.1) is 0 Å². The molecule has 96 valence electrons. The van der Waals surface area contributed by atoms with E-state index in [2.05, 4.69) is 12.1 Å². The molecule has 0 saturated carbocycles. The van der Waals surface area contributed by atoms with E-state index in [4.69, 9.17) is 0 Å². The van der Waals surface area contributed by atoms with Crippen molar-refractivity contribution >= 4 is 0 Å². The molecule has 0 heterocycles. The smallest absolute Gasteiger partial charge is 0.112 e. The van der Waals surface area contributed by atoms with Crippen LogP contribution in [0.15, 0.2) is 24.3 Å². The van der Waals surface area contributed by atoms with Gasteiger partial charge >= 0.3 is 0 Å². The van der Waals surface area contributed by atoms with Gasteiger partial charge < -0.3 is 5.11 Å². The summed E-state index contributed by atoms with van der Waals surface area (Å²) in [6.07, 6.45) is 2.22. The van der Waals surface area contributed by atoms with E-state index in [-0.39, 0.29) is 5.92 Å². The molecule has 0 saturated heterocycles. The van der Waals surface area contributed by atoms with Crippen LogP contribution >= 0.6 is 0 Å². The Bertz CT molecular complexity index is 488. The van der Waals surface area contributed by atoms with Crippen LogP contribution in [0.3, 0.4) is 0 Å². The number of nitriles is 1. The molecule has 1 aliphatic carbocycles. The molecule has 1 aromatic rings. The molecular formula is C16H21NO. The summed E-state index contributed by atoms with van der Waals surface area (Å²) in [5.41, 5.74) is 0.554. The first-order chi connectivity index (χ1) is 8.52. The zero-order chi connectivity index (χ0) is 13.4. The molecule has 1 aromatic carbocycles. The Balaban J connectivity index is 2.63. The maximum Gasteiger partial charge on any atom is 0.112 e. The molecular weight excluding hydrogens is 222 g/mol. The normalized spacial score (nSPS) is 25.6. The third kappa shape index (κ3) is 1.51. The van der Waals surface area contributed by atoms with Gasteiger partial charge in [-0.25, -0.2) is 0 Å². The number of rotatable bonds is 3. The van der Waals surface area contributed by atoms with Crippen LogP contribution in [-0.4, -0.2) is 10.7 Å². The largest absolute Gasteiger partial charge is 0.388 e. The molecule has 2 heteroatoms. The molecule has 0 amide bonds. The Labute approximate surface area is 109 Å². The van der Waals surface area contributed by atoms with Crippen molar-refractivity contribution in [2.45, 2.75) is 51.0 Å². The molecule has 0 aliphatic heterocycles. The van der Waals surface area contributed by atoms with E-state index >= 15 is 0 Å². The highest BCUT2D eigenvalue weighted by Crippen LogP contribution is 2.50. The second kappa shape index (κ2) is 4.40. The molecule has 2 nitrogen and oxygen atoms in total. The van der Waals surface area contributed by atoms with Gasteiger partial charge in [-0.3, -0.25) is 0 Å². The molecule has 18 heavy (non-hydrogen) atoms. The monoisotopic (exact) mass is 243 g/mol. The van der Waals surface area contributed by atoms with Crippen LogP contribution in [0.1, 0.15) is 44.7 Å². The fraction of sp³-hybridized carbons (Fsp3) is 0.562. The molecule has 1 aliphatic rings. The first kappa shape index (κ1) is 13.1. The van der Waals surface area contributed by atoms with Crippen molar-refractivity contribution in [2.24, 2.45) is 5.92 Å². The predicted molar refractivity (Wildman–Crippen MR) is 72.1 cm³/mol. The maximum atomic E-state index is 11.1. The summed E-state index contributed by atoms with van der Waals surface area (Å²) < 4.78 is 0. The minimum atomic E-state index is -0.950. The Morgan fingerprint density at radius 2 is 2.11 bits per heavy atom. The van der Waals surface area contributed by atoms with E-state index in [1.54, 1.807) is 0 Å². The van der Waals surface area contributed by atoms with Gasteiger partial charge in [-0.1, -0.05) is 45.0 Å². The molecule has 0 bridgehead atoms. The molecule has 2 atom stereocenters. The molecule has 1 N–H and O–H groups in total. The van der Waals surface area contributed by atoms with Crippen LogP contribution in [0.25, 0.3) is 0 Å². The van der Waals surface area contributed by atoms with E-state index in [1.165, 1.54) is 5.56 Å². The molecule has 0 spiro atoms. The zero-order valence-electron chi connectivity index (χ0n) is 11.4. The summed E-state index contributed by atoms with van der Waals surface area (Å²) in [5.74, 6) is 0.0632. The van der Waals surface area contributed by atoms with Gasteiger partial charge in [-0.05, 0) is 36.3 Å². The zero-order valence-corrected chi connectivity index (χ0v) is 11.4. The highest BCUT2D eigenvalue weighted by molar-refractivity contribution is 5.47. The number of benzene rings is 1. The summed E-state index contributed by atoms with van der Waals surface area (Å²) in [7, 11) is 0. The summed E-state index contributed by atoms with van der Waals surface area (Å²) >= 11 is 0. The van der Waals surface area contributed by atoms with Crippen molar-refractivity contribution in [3.63, 3.8) is 0 Å². The minimum Gasteiger partial charge on any atom is -0.388 e. The number of hydrogen-bond donors (Lipinski definition) is 1. The van der Waals surface area contributed by atoms with Gasteiger partial charge in [0.15, 0.2) is 0 Å². The molecule has 0 fully saturated rings. The van der Waals surface area contributed by atoms with Crippen molar-refractivity contribution in [3.05, 3.63) is 35.4 Å². The first-order valence-electron chi connectivity index (χ1n) is 6.74. The van der Waals surface area contributed by atoms with Gasteiger partial charge in [0, 0.05) is 0 Å². The van der Waals surface area contributed by atoms with E-state index in [0.717, 1.165) is 18.4 Å². The number of aliphatic hydroxyl groups is 1. The van der Waals surface area contributed by atoms with Crippen LogP contribution in [0, 0.1) is 17.2 Å². The van der Waals surface area contributed by atoms with Crippen molar-refractivity contribution in [3.8, 4) is 6.07 Å². The van der Waals surface area contributed by atoms with E-state index < -0.39 is 11.0 Å². The van der Waals surface area contributed by atoms with Crippen molar-refractivity contribution < 1.29 is 5.11 Å². The van der Waals surface area contributed by atoms with E-state index in [1.807, 2.05) is 39.0 Å². The molecule has 2 unspecified atom stereocenters. The van der Waals surface area contributed by atoms with Gasteiger partial charge in [-0.2, -0.15) is 5.26 Å². The van der Waals surface area contributed by atoms with E-state index in [9.17, 15) is 10.4 Å². The number of aryl methyl sites for hydroxylation is 1. The summed E-state index contributed by atoms with van der Waals surface area (Å²) in [6.45, 7) is 5.98. The highest BCUT2D eigenvalue weighted by atomic mass is 16.3. The van der Waals surface area contributed by atoms with E-state index in [0.29, 0.717) is 6.42 Å². The maximum absolute atomic E-state index is 11.1. The van der Waals surface area contributed by atoms with Gasteiger partial charge in [0.05, 0.1) is 11.7 Å². The SMILES string of the molecule is CCC(O)(C(C)C)C1(C#N)CCc2ccccc21. The number of hydrogen-bond acceptors (Lipinski definition) is 2.